The molecule has 21 heavy (non-hydrogen) atoms. The summed E-state index contributed by atoms with van der Waals surface area (Å²) in [5.41, 5.74) is 0.827. The Labute approximate surface area is 122 Å². The molecule has 1 aromatic heterocycles. The van der Waals surface area contributed by atoms with Gasteiger partial charge in [0.1, 0.15) is 0 Å². The van der Waals surface area contributed by atoms with Gasteiger partial charge in [-0.3, -0.25) is 0 Å². The number of sulfonamides is 1. The molecule has 0 aliphatic heterocycles. The van der Waals surface area contributed by atoms with Crippen molar-refractivity contribution >= 4 is 10.0 Å². The zero-order valence-corrected chi connectivity index (χ0v) is 12.4. The van der Waals surface area contributed by atoms with E-state index in [4.69, 9.17) is 0 Å². The lowest BCUT2D eigenvalue weighted by Crippen LogP contribution is -2.26. The second kappa shape index (κ2) is 7.71. The smallest absolute Gasteiger partial charge is 0.313 e. The molecule has 0 aromatic carbocycles. The maximum Gasteiger partial charge on any atom is 0.389 e. The fourth-order valence-corrected chi connectivity index (χ4v) is 2.51. The molecule has 0 saturated heterocycles. The molecule has 5 nitrogen and oxygen atoms in total. The van der Waals surface area contributed by atoms with Crippen LogP contribution in [0.15, 0.2) is 23.4 Å². The molecule has 0 spiro atoms. The summed E-state index contributed by atoms with van der Waals surface area (Å²) in [7, 11) is -3.86. The molecule has 1 heterocycles. The molecule has 2 N–H and O–H groups in total. The van der Waals surface area contributed by atoms with Crippen molar-refractivity contribution in [3.8, 4) is 0 Å². The summed E-state index contributed by atoms with van der Waals surface area (Å²) >= 11 is 0. The van der Waals surface area contributed by atoms with E-state index in [0.29, 0.717) is 6.54 Å². The van der Waals surface area contributed by atoms with Crippen molar-refractivity contribution in [3.05, 3.63) is 23.9 Å². The van der Waals surface area contributed by atoms with Gasteiger partial charge in [-0.05, 0) is 24.6 Å². The third kappa shape index (κ3) is 6.87. The number of nitrogens with one attached hydrogen (secondary N) is 2. The molecule has 1 aromatic rings. The van der Waals surface area contributed by atoms with Gasteiger partial charge in [-0.15, -0.1) is 0 Å². The van der Waals surface area contributed by atoms with Crippen molar-refractivity contribution in [2.24, 2.45) is 0 Å². The first-order chi connectivity index (χ1) is 9.74. The van der Waals surface area contributed by atoms with Crippen molar-refractivity contribution in [1.82, 2.24) is 15.0 Å². The predicted molar refractivity (Wildman–Crippen MR) is 72.1 cm³/mol. The quantitative estimate of drug-likeness (QED) is 0.715. The second-order valence-corrected chi connectivity index (χ2v) is 6.12. The summed E-state index contributed by atoms with van der Waals surface area (Å²) < 4.78 is 61.6. The molecule has 0 unspecified atom stereocenters. The Hall–Kier alpha value is -1.19. The number of aromatic nitrogens is 1. The van der Waals surface area contributed by atoms with Crippen LogP contribution < -0.4 is 10.0 Å². The number of hydrogen-bond donors (Lipinski definition) is 2. The van der Waals surface area contributed by atoms with Gasteiger partial charge in [0, 0.05) is 25.7 Å². The minimum absolute atomic E-state index is 0.199. The Morgan fingerprint density at radius 1 is 1.29 bits per heavy atom. The van der Waals surface area contributed by atoms with Gasteiger partial charge < -0.3 is 5.32 Å². The van der Waals surface area contributed by atoms with Crippen LogP contribution in [0.25, 0.3) is 0 Å². The van der Waals surface area contributed by atoms with Gasteiger partial charge in [0.2, 0.25) is 0 Å². The molecule has 0 bridgehead atoms. The fraction of sp³-hybridized carbons (Fsp3) is 0.583. The highest BCUT2D eigenvalue weighted by Gasteiger charge is 2.26. The standard InChI is InChI=1S/C12H18F3N3O2S/c1-2-16-8-10-4-5-11(17-9-10)21(19,20)18-7-3-6-12(13,14)15/h4-5,9,16,18H,2-3,6-8H2,1H3. The van der Waals surface area contributed by atoms with Crippen LogP contribution in [0.3, 0.4) is 0 Å². The van der Waals surface area contributed by atoms with Gasteiger partial charge in [0.25, 0.3) is 10.0 Å². The summed E-state index contributed by atoms with van der Waals surface area (Å²) in [6.45, 7) is 3.02. The van der Waals surface area contributed by atoms with Crippen LogP contribution in [0, 0.1) is 0 Å². The number of rotatable bonds is 8. The number of alkyl halides is 3. The average molecular weight is 325 g/mol. The first kappa shape index (κ1) is 17.9. The van der Waals surface area contributed by atoms with Gasteiger partial charge >= 0.3 is 6.18 Å². The SMILES string of the molecule is CCNCc1ccc(S(=O)(=O)NCCCC(F)(F)F)nc1. The summed E-state index contributed by atoms with van der Waals surface area (Å²) in [4.78, 5) is 3.82. The molecule has 0 atom stereocenters. The van der Waals surface area contributed by atoms with E-state index in [1.54, 1.807) is 6.07 Å². The minimum Gasteiger partial charge on any atom is -0.313 e. The van der Waals surface area contributed by atoms with Crippen LogP contribution in [0.4, 0.5) is 13.2 Å². The van der Waals surface area contributed by atoms with E-state index in [9.17, 15) is 21.6 Å². The Morgan fingerprint density at radius 3 is 2.52 bits per heavy atom. The van der Waals surface area contributed by atoms with Crippen LogP contribution in [-0.2, 0) is 16.6 Å². The lowest BCUT2D eigenvalue weighted by atomic mass is 10.3. The van der Waals surface area contributed by atoms with E-state index in [1.807, 2.05) is 6.92 Å². The Morgan fingerprint density at radius 2 is 2.00 bits per heavy atom. The molecule has 0 radical (unpaired) electrons. The zero-order valence-electron chi connectivity index (χ0n) is 11.6. The number of pyridine rings is 1. The monoisotopic (exact) mass is 325 g/mol. The summed E-state index contributed by atoms with van der Waals surface area (Å²) in [6, 6.07) is 2.94. The Bertz CT molecular complexity index is 530. The molecule has 9 heteroatoms. The first-order valence-electron chi connectivity index (χ1n) is 6.46. The summed E-state index contributed by atoms with van der Waals surface area (Å²) in [5, 5.41) is 2.87. The molecule has 0 aliphatic rings. The van der Waals surface area contributed by atoms with Crippen molar-refractivity contribution in [2.75, 3.05) is 13.1 Å². The molecular weight excluding hydrogens is 307 g/mol. The van der Waals surface area contributed by atoms with Gasteiger partial charge in [-0.1, -0.05) is 13.0 Å². The third-order valence-corrected chi connectivity index (χ3v) is 3.96. The molecule has 1 rings (SSSR count). The fourth-order valence-electron chi connectivity index (χ4n) is 1.51. The molecular formula is C12H18F3N3O2S. The molecule has 0 aliphatic carbocycles. The van der Waals surface area contributed by atoms with Crippen molar-refractivity contribution in [3.63, 3.8) is 0 Å². The topological polar surface area (TPSA) is 71.1 Å². The minimum atomic E-state index is -4.28. The first-order valence-corrected chi connectivity index (χ1v) is 7.95. The largest absolute Gasteiger partial charge is 0.389 e. The third-order valence-electron chi connectivity index (χ3n) is 2.58. The van der Waals surface area contributed by atoms with Crippen molar-refractivity contribution in [1.29, 1.82) is 0 Å². The highest BCUT2D eigenvalue weighted by Crippen LogP contribution is 2.20. The lowest BCUT2D eigenvalue weighted by Gasteiger charge is -2.08. The summed E-state index contributed by atoms with van der Waals surface area (Å²) in [5.74, 6) is 0. The van der Waals surface area contributed by atoms with Crippen molar-refractivity contribution < 1.29 is 21.6 Å². The van der Waals surface area contributed by atoms with Crippen LogP contribution >= 0.6 is 0 Å². The van der Waals surface area contributed by atoms with Gasteiger partial charge in [-0.2, -0.15) is 13.2 Å². The molecule has 0 saturated carbocycles. The van der Waals surface area contributed by atoms with Crippen molar-refractivity contribution in [2.45, 2.75) is 37.5 Å². The summed E-state index contributed by atoms with van der Waals surface area (Å²) in [6.07, 6.45) is -4.18. The highest BCUT2D eigenvalue weighted by molar-refractivity contribution is 7.89. The maximum absolute atomic E-state index is 11.9. The van der Waals surface area contributed by atoms with Crippen LogP contribution in [0.1, 0.15) is 25.3 Å². The molecule has 0 amide bonds. The number of halogens is 3. The molecule has 0 fully saturated rings. The van der Waals surface area contributed by atoms with Gasteiger partial charge in [0.15, 0.2) is 5.03 Å². The van der Waals surface area contributed by atoms with Gasteiger partial charge in [-0.25, -0.2) is 18.1 Å². The van der Waals surface area contributed by atoms with Crippen LogP contribution in [0.2, 0.25) is 0 Å². The van der Waals surface area contributed by atoms with E-state index in [-0.39, 0.29) is 18.0 Å². The predicted octanol–water partition coefficient (Wildman–Crippen LogP) is 1.81. The van der Waals surface area contributed by atoms with E-state index in [1.165, 1.54) is 12.3 Å². The highest BCUT2D eigenvalue weighted by atomic mass is 32.2. The van der Waals surface area contributed by atoms with Crippen LogP contribution in [0.5, 0.6) is 0 Å². The lowest BCUT2D eigenvalue weighted by molar-refractivity contribution is -0.135. The Balaban J connectivity index is 2.54. The van der Waals surface area contributed by atoms with Gasteiger partial charge in [0.05, 0.1) is 0 Å². The van der Waals surface area contributed by atoms with E-state index in [0.717, 1.165) is 12.1 Å². The van der Waals surface area contributed by atoms with Crippen LogP contribution in [-0.4, -0.2) is 32.7 Å². The van der Waals surface area contributed by atoms with E-state index >= 15 is 0 Å². The molecule has 120 valence electrons. The van der Waals surface area contributed by atoms with E-state index < -0.39 is 22.6 Å². The number of hydrogen-bond acceptors (Lipinski definition) is 4. The normalized spacial score (nSPS) is 12.6. The number of nitrogens with zero attached hydrogens (tertiary/aromatic N) is 1. The maximum atomic E-state index is 11.9. The van der Waals surface area contributed by atoms with E-state index in [2.05, 4.69) is 15.0 Å². The average Bonchev–Trinajstić information content (AvgIpc) is 2.41. The second-order valence-electron chi connectivity index (χ2n) is 4.40. The zero-order chi connectivity index (χ0) is 15.9. The Kier molecular flexibility index (Phi) is 6.56.